The monoisotopic (exact) mass is 319 g/mol. The summed E-state index contributed by atoms with van der Waals surface area (Å²) in [6, 6.07) is 13.4. The second kappa shape index (κ2) is 6.08. The minimum Gasteiger partial charge on any atom is -0.345 e. The Morgan fingerprint density at radius 2 is 1.76 bits per heavy atom. The zero-order valence-electron chi connectivity index (χ0n) is 11.4. The normalized spacial score (nSPS) is 17.1. The molecule has 1 aliphatic rings. The number of rotatable bonds is 2. The molecule has 3 rings (SSSR count). The van der Waals surface area contributed by atoms with Crippen molar-refractivity contribution in [3.05, 3.63) is 69.2 Å². The average Bonchev–Trinajstić information content (AvgIpc) is 2.47. The molecule has 0 aliphatic heterocycles. The first-order valence-electron chi connectivity index (χ1n) is 6.99. The Morgan fingerprint density at radius 1 is 1.05 bits per heavy atom. The Balaban J connectivity index is 1.86. The summed E-state index contributed by atoms with van der Waals surface area (Å²) in [7, 11) is 0. The van der Waals surface area contributed by atoms with Gasteiger partial charge in [0.25, 0.3) is 5.91 Å². The molecule has 0 heterocycles. The molecule has 0 aromatic heterocycles. The molecule has 0 saturated heterocycles. The summed E-state index contributed by atoms with van der Waals surface area (Å²) in [6.07, 6.45) is 3.07. The Morgan fingerprint density at radius 3 is 2.52 bits per heavy atom. The lowest BCUT2D eigenvalue weighted by Crippen LogP contribution is -2.31. The summed E-state index contributed by atoms with van der Waals surface area (Å²) in [5.74, 6) is -0.215. The van der Waals surface area contributed by atoms with E-state index in [1.165, 1.54) is 11.1 Å². The first-order valence-corrected chi connectivity index (χ1v) is 7.75. The topological polar surface area (TPSA) is 29.1 Å². The largest absolute Gasteiger partial charge is 0.345 e. The summed E-state index contributed by atoms with van der Waals surface area (Å²) < 4.78 is 0. The smallest absolute Gasteiger partial charge is 0.254 e. The van der Waals surface area contributed by atoms with Gasteiger partial charge in [0, 0.05) is 0 Å². The molecule has 1 amide bonds. The molecule has 2 nitrogen and oxygen atoms in total. The molecule has 1 aliphatic carbocycles. The fourth-order valence-electron chi connectivity index (χ4n) is 2.85. The van der Waals surface area contributed by atoms with Crippen LogP contribution in [0.15, 0.2) is 42.5 Å². The summed E-state index contributed by atoms with van der Waals surface area (Å²) in [6.45, 7) is 0. The van der Waals surface area contributed by atoms with Crippen molar-refractivity contribution in [3.63, 3.8) is 0 Å². The highest BCUT2D eigenvalue weighted by atomic mass is 35.5. The maximum atomic E-state index is 12.5. The molecule has 0 radical (unpaired) electrons. The van der Waals surface area contributed by atoms with Crippen molar-refractivity contribution in [2.24, 2.45) is 0 Å². The zero-order valence-corrected chi connectivity index (χ0v) is 12.9. The van der Waals surface area contributed by atoms with Crippen LogP contribution in [0.5, 0.6) is 0 Å². The Labute approximate surface area is 134 Å². The molecular weight excluding hydrogens is 305 g/mol. The zero-order chi connectivity index (χ0) is 14.8. The van der Waals surface area contributed by atoms with Gasteiger partial charge in [0.05, 0.1) is 21.7 Å². The molecule has 1 atom stereocenters. The SMILES string of the molecule is O=C(NC1CCCc2ccccc21)c1c(Cl)cccc1Cl. The Bertz CT molecular complexity index is 664. The maximum Gasteiger partial charge on any atom is 0.254 e. The number of hydrogen-bond acceptors (Lipinski definition) is 1. The van der Waals surface area contributed by atoms with Gasteiger partial charge in [-0.1, -0.05) is 53.5 Å². The van der Waals surface area contributed by atoms with Gasteiger partial charge in [0.2, 0.25) is 0 Å². The third-order valence-corrected chi connectivity index (χ3v) is 4.49. The molecule has 0 saturated carbocycles. The highest BCUT2D eigenvalue weighted by Gasteiger charge is 2.23. The van der Waals surface area contributed by atoms with Crippen LogP contribution in [0.1, 0.15) is 40.4 Å². The van der Waals surface area contributed by atoms with Crippen LogP contribution in [0.25, 0.3) is 0 Å². The minimum absolute atomic E-state index is 0.0230. The number of carbonyl (C=O) groups is 1. The fraction of sp³-hybridized carbons (Fsp3) is 0.235. The summed E-state index contributed by atoms with van der Waals surface area (Å²) in [4.78, 5) is 12.5. The first-order chi connectivity index (χ1) is 10.2. The van der Waals surface area contributed by atoms with Gasteiger partial charge in [-0.05, 0) is 42.5 Å². The molecule has 1 N–H and O–H groups in total. The van der Waals surface area contributed by atoms with Gasteiger partial charge in [-0.3, -0.25) is 4.79 Å². The van der Waals surface area contributed by atoms with E-state index in [2.05, 4.69) is 17.4 Å². The van der Waals surface area contributed by atoms with E-state index in [1.807, 2.05) is 12.1 Å². The molecule has 0 bridgehead atoms. The number of fused-ring (bicyclic) bond motifs is 1. The van der Waals surface area contributed by atoms with Crippen LogP contribution in [0.2, 0.25) is 10.0 Å². The number of amides is 1. The number of benzene rings is 2. The number of hydrogen-bond donors (Lipinski definition) is 1. The minimum atomic E-state index is -0.215. The van der Waals surface area contributed by atoms with Gasteiger partial charge in [-0.25, -0.2) is 0 Å². The van der Waals surface area contributed by atoms with E-state index < -0.39 is 0 Å². The molecule has 21 heavy (non-hydrogen) atoms. The second-order valence-corrected chi connectivity index (χ2v) is 6.03. The first kappa shape index (κ1) is 14.4. The number of carbonyl (C=O) groups excluding carboxylic acids is 1. The van der Waals surface area contributed by atoms with Gasteiger partial charge < -0.3 is 5.32 Å². The third kappa shape index (κ3) is 2.92. The average molecular weight is 320 g/mol. The van der Waals surface area contributed by atoms with Crippen molar-refractivity contribution in [2.75, 3.05) is 0 Å². The number of nitrogens with one attached hydrogen (secondary N) is 1. The molecule has 0 spiro atoms. The predicted octanol–water partition coefficient (Wildman–Crippen LogP) is 4.80. The van der Waals surface area contributed by atoms with Crippen LogP contribution in [-0.4, -0.2) is 5.91 Å². The number of aryl methyl sites for hydroxylation is 1. The predicted molar refractivity (Wildman–Crippen MR) is 86.0 cm³/mol. The van der Waals surface area contributed by atoms with E-state index in [0.717, 1.165) is 19.3 Å². The molecular formula is C17H15Cl2NO. The van der Waals surface area contributed by atoms with Gasteiger partial charge in [0.1, 0.15) is 0 Å². The highest BCUT2D eigenvalue weighted by Crippen LogP contribution is 2.31. The molecule has 1 unspecified atom stereocenters. The van der Waals surface area contributed by atoms with Crippen molar-refractivity contribution >= 4 is 29.1 Å². The van der Waals surface area contributed by atoms with Crippen LogP contribution in [0.4, 0.5) is 0 Å². The molecule has 0 fully saturated rings. The standard InChI is InChI=1S/C17H15Cl2NO/c18-13-8-4-9-14(19)16(13)17(21)20-15-10-3-6-11-5-1-2-7-12(11)15/h1-2,4-5,7-9,15H,3,6,10H2,(H,20,21). The van der Waals surface area contributed by atoms with Gasteiger partial charge in [-0.15, -0.1) is 0 Å². The van der Waals surface area contributed by atoms with Crippen molar-refractivity contribution < 1.29 is 4.79 Å². The van der Waals surface area contributed by atoms with Crippen molar-refractivity contribution in [1.82, 2.24) is 5.32 Å². The van der Waals surface area contributed by atoms with Gasteiger partial charge in [-0.2, -0.15) is 0 Å². The Kier molecular flexibility index (Phi) is 4.18. The van der Waals surface area contributed by atoms with Crippen molar-refractivity contribution in [3.8, 4) is 0 Å². The molecule has 2 aromatic carbocycles. The van der Waals surface area contributed by atoms with E-state index in [0.29, 0.717) is 15.6 Å². The lowest BCUT2D eigenvalue weighted by molar-refractivity contribution is 0.0933. The number of halogens is 2. The van der Waals surface area contributed by atoms with E-state index in [-0.39, 0.29) is 11.9 Å². The van der Waals surface area contributed by atoms with Crippen LogP contribution < -0.4 is 5.32 Å². The molecule has 4 heteroatoms. The second-order valence-electron chi connectivity index (χ2n) is 5.21. The van der Waals surface area contributed by atoms with E-state index in [9.17, 15) is 4.79 Å². The lowest BCUT2D eigenvalue weighted by atomic mass is 9.87. The Hall–Kier alpha value is -1.51. The van der Waals surface area contributed by atoms with Crippen LogP contribution >= 0.6 is 23.2 Å². The highest BCUT2D eigenvalue weighted by molar-refractivity contribution is 6.39. The maximum absolute atomic E-state index is 12.5. The van der Waals surface area contributed by atoms with Crippen molar-refractivity contribution in [1.29, 1.82) is 0 Å². The van der Waals surface area contributed by atoms with Crippen molar-refractivity contribution in [2.45, 2.75) is 25.3 Å². The van der Waals surface area contributed by atoms with Crippen LogP contribution in [-0.2, 0) is 6.42 Å². The summed E-state index contributed by atoms with van der Waals surface area (Å²) >= 11 is 12.2. The summed E-state index contributed by atoms with van der Waals surface area (Å²) in [5.41, 5.74) is 2.85. The molecule has 108 valence electrons. The van der Waals surface area contributed by atoms with E-state index in [1.54, 1.807) is 18.2 Å². The lowest BCUT2D eigenvalue weighted by Gasteiger charge is -2.26. The van der Waals surface area contributed by atoms with Gasteiger partial charge >= 0.3 is 0 Å². The third-order valence-electron chi connectivity index (χ3n) is 3.86. The van der Waals surface area contributed by atoms with Gasteiger partial charge in [0.15, 0.2) is 0 Å². The quantitative estimate of drug-likeness (QED) is 0.846. The van der Waals surface area contributed by atoms with Crippen LogP contribution in [0, 0.1) is 0 Å². The molecule has 2 aromatic rings. The van der Waals surface area contributed by atoms with E-state index in [4.69, 9.17) is 23.2 Å². The van der Waals surface area contributed by atoms with E-state index >= 15 is 0 Å². The van der Waals surface area contributed by atoms with Crippen LogP contribution in [0.3, 0.4) is 0 Å². The fourth-order valence-corrected chi connectivity index (χ4v) is 3.42. The summed E-state index contributed by atoms with van der Waals surface area (Å²) in [5, 5.41) is 3.82.